The fourth-order valence-electron chi connectivity index (χ4n) is 4.61. The lowest BCUT2D eigenvalue weighted by Gasteiger charge is -2.51. The van der Waals surface area contributed by atoms with E-state index in [1.54, 1.807) is 20.3 Å². The van der Waals surface area contributed by atoms with Crippen LogP contribution >= 0.6 is 0 Å². The number of phenols is 1. The van der Waals surface area contributed by atoms with Crippen molar-refractivity contribution in [2.45, 2.75) is 36.8 Å². The van der Waals surface area contributed by atoms with Crippen LogP contribution in [-0.2, 0) is 21.4 Å². The molecule has 0 amide bonds. The first-order valence-corrected chi connectivity index (χ1v) is 8.01. The van der Waals surface area contributed by atoms with Crippen molar-refractivity contribution >= 4 is 5.78 Å². The molecule has 2 aliphatic carbocycles. The normalized spacial score (nSPS) is 31.9. The van der Waals surface area contributed by atoms with Crippen LogP contribution in [0, 0.1) is 0 Å². The number of fused-ring (bicyclic) bond motifs is 1. The van der Waals surface area contributed by atoms with Crippen LogP contribution in [0.15, 0.2) is 23.8 Å². The molecule has 1 aromatic rings. The number of phenolic OH excluding ortho intramolecular Hbond substituents is 1. The smallest absolute Gasteiger partial charge is 0.166 e. The van der Waals surface area contributed by atoms with Crippen molar-refractivity contribution in [3.8, 4) is 11.5 Å². The summed E-state index contributed by atoms with van der Waals surface area (Å²) in [6.45, 7) is 0.836. The van der Waals surface area contributed by atoms with Gasteiger partial charge >= 0.3 is 0 Å². The first-order valence-electron chi connectivity index (χ1n) is 8.01. The lowest BCUT2D eigenvalue weighted by atomic mass is 9.56. The fourth-order valence-corrected chi connectivity index (χ4v) is 4.61. The van der Waals surface area contributed by atoms with Gasteiger partial charge in [-0.05, 0) is 42.7 Å². The molecule has 3 atom stereocenters. The first-order chi connectivity index (χ1) is 11.1. The van der Waals surface area contributed by atoms with E-state index in [1.165, 1.54) is 5.57 Å². The van der Waals surface area contributed by atoms with Crippen LogP contribution in [-0.4, -0.2) is 43.8 Å². The summed E-state index contributed by atoms with van der Waals surface area (Å²) in [5.74, 6) is 0.725. The molecule has 23 heavy (non-hydrogen) atoms. The van der Waals surface area contributed by atoms with Crippen molar-refractivity contribution in [3.05, 3.63) is 34.9 Å². The number of hydrogen-bond donors (Lipinski definition) is 2. The number of nitrogens with one attached hydrogen (secondary N) is 1. The number of carbonyl (C=O) groups is 1. The van der Waals surface area contributed by atoms with E-state index in [9.17, 15) is 9.90 Å². The number of hydrogen-bond acceptors (Lipinski definition) is 5. The summed E-state index contributed by atoms with van der Waals surface area (Å²) in [6, 6.07) is 4.02. The first kappa shape index (κ1) is 14.7. The van der Waals surface area contributed by atoms with Gasteiger partial charge in [-0.3, -0.25) is 4.79 Å². The van der Waals surface area contributed by atoms with Crippen LogP contribution in [0.3, 0.4) is 0 Å². The number of ketones is 1. The highest BCUT2D eigenvalue weighted by Crippen LogP contribution is 2.55. The summed E-state index contributed by atoms with van der Waals surface area (Å²) in [5.41, 5.74) is 2.74. The molecule has 1 heterocycles. The second-order valence-corrected chi connectivity index (χ2v) is 6.61. The van der Waals surface area contributed by atoms with Gasteiger partial charge in [-0.15, -0.1) is 0 Å². The summed E-state index contributed by atoms with van der Waals surface area (Å²) in [6.07, 6.45) is 3.47. The van der Waals surface area contributed by atoms with Gasteiger partial charge in [-0.25, -0.2) is 0 Å². The van der Waals surface area contributed by atoms with E-state index >= 15 is 0 Å². The van der Waals surface area contributed by atoms with Crippen molar-refractivity contribution in [1.82, 2.24) is 5.32 Å². The molecule has 5 heteroatoms. The molecule has 3 aliphatic rings. The van der Waals surface area contributed by atoms with Crippen LogP contribution < -0.4 is 10.1 Å². The summed E-state index contributed by atoms with van der Waals surface area (Å²) in [4.78, 5) is 12.5. The molecule has 122 valence electrons. The average Bonchev–Trinajstić information content (AvgIpc) is 2.53. The van der Waals surface area contributed by atoms with Crippen LogP contribution in [0.25, 0.3) is 0 Å². The van der Waals surface area contributed by atoms with Crippen molar-refractivity contribution in [3.63, 3.8) is 0 Å². The van der Waals surface area contributed by atoms with E-state index in [1.807, 2.05) is 12.1 Å². The summed E-state index contributed by atoms with van der Waals surface area (Å²) < 4.78 is 10.6. The molecule has 0 spiro atoms. The Morgan fingerprint density at radius 1 is 1.35 bits per heavy atom. The lowest BCUT2D eigenvalue weighted by molar-refractivity contribution is -0.128. The number of ether oxygens (including phenoxy) is 2. The lowest BCUT2D eigenvalue weighted by Crippen LogP contribution is -2.56. The highest BCUT2D eigenvalue weighted by molar-refractivity contribution is 5.90. The minimum absolute atomic E-state index is 0.0759. The summed E-state index contributed by atoms with van der Waals surface area (Å²) in [7, 11) is 3.12. The van der Waals surface area contributed by atoms with Crippen LogP contribution in [0.5, 0.6) is 11.5 Å². The number of carbonyl (C=O) groups excluding carboxylic acids is 1. The Kier molecular flexibility index (Phi) is 3.25. The molecular formula is C18H21NO4. The van der Waals surface area contributed by atoms with Gasteiger partial charge < -0.3 is 19.9 Å². The molecule has 1 fully saturated rings. The van der Waals surface area contributed by atoms with Gasteiger partial charge in [0.15, 0.2) is 17.3 Å². The molecule has 1 aliphatic heterocycles. The van der Waals surface area contributed by atoms with Crippen LogP contribution in [0.1, 0.15) is 24.0 Å². The van der Waals surface area contributed by atoms with Crippen molar-refractivity contribution in [1.29, 1.82) is 0 Å². The van der Waals surface area contributed by atoms with E-state index in [0.717, 1.165) is 30.5 Å². The van der Waals surface area contributed by atoms with Gasteiger partial charge in [0, 0.05) is 30.6 Å². The molecule has 2 bridgehead atoms. The minimum atomic E-state index is -0.477. The predicted molar refractivity (Wildman–Crippen MR) is 85.0 cm³/mol. The van der Waals surface area contributed by atoms with Gasteiger partial charge in [0.05, 0.1) is 7.11 Å². The van der Waals surface area contributed by atoms with E-state index < -0.39 is 11.5 Å². The summed E-state index contributed by atoms with van der Waals surface area (Å²) >= 11 is 0. The number of aromatic hydroxyl groups is 1. The van der Waals surface area contributed by atoms with Crippen molar-refractivity contribution in [2.75, 3.05) is 20.8 Å². The highest BCUT2D eigenvalue weighted by atomic mass is 16.5. The predicted octanol–water partition coefficient (Wildman–Crippen LogP) is 1.47. The largest absolute Gasteiger partial charge is 0.504 e. The van der Waals surface area contributed by atoms with Crippen LogP contribution in [0.4, 0.5) is 0 Å². The maximum absolute atomic E-state index is 12.5. The van der Waals surface area contributed by atoms with Gasteiger partial charge in [-0.2, -0.15) is 0 Å². The van der Waals surface area contributed by atoms with E-state index in [-0.39, 0.29) is 17.6 Å². The van der Waals surface area contributed by atoms with E-state index in [4.69, 9.17) is 9.47 Å². The molecule has 1 aromatic carbocycles. The molecular weight excluding hydrogens is 294 g/mol. The second-order valence-electron chi connectivity index (χ2n) is 6.61. The Labute approximate surface area is 135 Å². The zero-order valence-electron chi connectivity index (χ0n) is 13.4. The third kappa shape index (κ3) is 1.90. The molecule has 3 unspecified atom stereocenters. The maximum Gasteiger partial charge on any atom is 0.166 e. The molecule has 0 aromatic heterocycles. The van der Waals surface area contributed by atoms with E-state index in [0.29, 0.717) is 12.2 Å². The van der Waals surface area contributed by atoms with Gasteiger partial charge in [-0.1, -0.05) is 6.07 Å². The SMILES string of the molecule is COc1ccc2c(c1O)C13CCNC(C2)C1=CC(OC)C(=O)C3. The maximum atomic E-state index is 12.5. The minimum Gasteiger partial charge on any atom is -0.504 e. The van der Waals surface area contributed by atoms with Gasteiger partial charge in [0.2, 0.25) is 0 Å². The third-order valence-electron chi connectivity index (χ3n) is 5.60. The summed E-state index contributed by atoms with van der Waals surface area (Å²) in [5, 5.41) is 14.3. The Hall–Kier alpha value is -1.85. The topological polar surface area (TPSA) is 67.8 Å². The van der Waals surface area contributed by atoms with Gasteiger partial charge in [0.1, 0.15) is 6.10 Å². The Bertz CT molecular complexity index is 711. The zero-order chi connectivity index (χ0) is 16.2. The monoisotopic (exact) mass is 315 g/mol. The Morgan fingerprint density at radius 3 is 2.91 bits per heavy atom. The third-order valence-corrected chi connectivity index (χ3v) is 5.60. The standard InChI is InChI=1S/C18H21NO4/c1-22-14-4-3-10-7-12-11-8-15(23-2)13(20)9-18(11,5-6-19-12)16(10)17(14)21/h3-4,8,12,15,19,21H,5-7,9H2,1-2H3. The molecule has 5 nitrogen and oxygen atoms in total. The zero-order valence-corrected chi connectivity index (χ0v) is 13.4. The number of rotatable bonds is 2. The van der Waals surface area contributed by atoms with Crippen molar-refractivity contribution in [2.24, 2.45) is 0 Å². The van der Waals surface area contributed by atoms with Gasteiger partial charge in [0.25, 0.3) is 0 Å². The fraction of sp³-hybridized carbons (Fsp3) is 0.500. The number of piperidine rings is 1. The second kappa shape index (κ2) is 5.08. The Morgan fingerprint density at radius 2 is 2.17 bits per heavy atom. The van der Waals surface area contributed by atoms with Crippen molar-refractivity contribution < 1.29 is 19.4 Å². The Balaban J connectivity index is 1.98. The number of benzene rings is 1. The number of methoxy groups -OCH3 is 2. The molecule has 0 saturated carbocycles. The van der Waals surface area contributed by atoms with E-state index in [2.05, 4.69) is 5.32 Å². The average molecular weight is 315 g/mol. The highest BCUT2D eigenvalue weighted by Gasteiger charge is 2.52. The number of Topliss-reactive ketones (excluding diaryl/α,β-unsaturated/α-hetero) is 1. The molecule has 2 N–H and O–H groups in total. The van der Waals surface area contributed by atoms with Crippen LogP contribution in [0.2, 0.25) is 0 Å². The molecule has 0 radical (unpaired) electrons. The molecule has 4 rings (SSSR count). The molecule has 1 saturated heterocycles. The quantitative estimate of drug-likeness (QED) is 0.809.